The topological polar surface area (TPSA) is 221 Å². The Balaban J connectivity index is 1.45. The van der Waals surface area contributed by atoms with Gasteiger partial charge in [-0.05, 0) is 46.5 Å². The first kappa shape index (κ1) is 31.5. The first-order valence-electron chi connectivity index (χ1n) is 13.8. The molecule has 2 heterocycles. The van der Waals surface area contributed by atoms with Crippen molar-refractivity contribution in [3.63, 3.8) is 0 Å². The van der Waals surface area contributed by atoms with E-state index in [1.54, 1.807) is 36.4 Å². The number of hydrogen-bond acceptors (Lipinski definition) is 12. The lowest BCUT2D eigenvalue weighted by molar-refractivity contribution is -0.214. The molecule has 2 aliphatic heterocycles. The van der Waals surface area contributed by atoms with Gasteiger partial charge in [-0.2, -0.15) is 0 Å². The van der Waals surface area contributed by atoms with Crippen LogP contribution in [0, 0.1) is 23.7 Å². The van der Waals surface area contributed by atoms with Crippen molar-refractivity contribution >= 4 is 0 Å². The van der Waals surface area contributed by atoms with Crippen molar-refractivity contribution < 1.29 is 60.5 Å². The first-order valence-corrected chi connectivity index (χ1v) is 13.8. The number of fused-ring (bicyclic) bond motifs is 3. The molecule has 10 atom stereocenters. The van der Waals surface area contributed by atoms with Gasteiger partial charge < -0.3 is 60.5 Å². The molecule has 3 aliphatic rings. The number of hydrogen-bond donors (Lipinski definition) is 10. The second kappa shape index (κ2) is 12.6. The number of aliphatic hydroxyl groups excluding tert-OH is 10. The normalized spacial score (nSPS) is 34.3. The van der Waals surface area contributed by atoms with Crippen molar-refractivity contribution in [2.24, 2.45) is 0 Å². The van der Waals surface area contributed by atoms with Crippen molar-refractivity contribution in [2.75, 3.05) is 26.4 Å². The maximum Gasteiger partial charge on any atom is 0.147 e. The van der Waals surface area contributed by atoms with Crippen molar-refractivity contribution in [1.29, 1.82) is 0 Å². The fourth-order valence-electron chi connectivity index (χ4n) is 5.79. The molecule has 2 saturated heterocycles. The van der Waals surface area contributed by atoms with Crippen molar-refractivity contribution in [2.45, 2.75) is 66.5 Å². The summed E-state index contributed by atoms with van der Waals surface area (Å²) in [5.41, 5.74) is 2.34. The predicted molar refractivity (Wildman–Crippen MR) is 148 cm³/mol. The van der Waals surface area contributed by atoms with E-state index < -0.39 is 92.9 Å². The molecule has 2 fully saturated rings. The standard InChI is InChI=1S/C31H34O12/c32-11-23-27(38)29(40)25(36)21(42-23)7-3-15-1-5-17-18-6-2-16(10-20(18)31(13-34,14-35)19(17)9-15)4-8-22-26(37)30(41)28(39)24(12-33)43-22/h1-2,5-6,9-10,21-30,32-41H,11-14H2/t21-,22-,23-,24-,25-,26-,27-,28-,29-,30-/m1/s1. The Kier molecular flexibility index (Phi) is 9.23. The van der Waals surface area contributed by atoms with Gasteiger partial charge in [0.15, 0.2) is 0 Å². The summed E-state index contributed by atoms with van der Waals surface area (Å²) in [7, 11) is 0. The van der Waals surface area contributed by atoms with E-state index >= 15 is 0 Å². The molecule has 2 aromatic carbocycles. The molecule has 2 aromatic rings. The van der Waals surface area contributed by atoms with E-state index in [-0.39, 0.29) is 0 Å². The maximum atomic E-state index is 10.6. The van der Waals surface area contributed by atoms with Gasteiger partial charge in [0.05, 0.1) is 31.8 Å². The highest BCUT2D eigenvalue weighted by Crippen LogP contribution is 2.49. The Morgan fingerprint density at radius 3 is 1.30 bits per heavy atom. The molecule has 0 amide bonds. The lowest BCUT2D eigenvalue weighted by Crippen LogP contribution is -2.58. The molecule has 10 N–H and O–H groups in total. The number of benzene rings is 2. The molecule has 5 rings (SSSR count). The van der Waals surface area contributed by atoms with Crippen LogP contribution in [0.2, 0.25) is 0 Å². The molecule has 1 aliphatic carbocycles. The maximum absolute atomic E-state index is 10.6. The van der Waals surface area contributed by atoms with Gasteiger partial charge in [0.25, 0.3) is 0 Å². The average molecular weight is 599 g/mol. The predicted octanol–water partition coefficient (Wildman–Crippen LogP) is -3.67. The zero-order valence-electron chi connectivity index (χ0n) is 22.9. The van der Waals surface area contributed by atoms with E-state index in [0.717, 1.165) is 11.1 Å². The first-order chi connectivity index (χ1) is 20.6. The summed E-state index contributed by atoms with van der Waals surface area (Å²) in [6.07, 6.45) is -13.7. The van der Waals surface area contributed by atoms with Crippen molar-refractivity contribution in [3.8, 4) is 34.8 Å². The number of rotatable bonds is 4. The molecule has 0 unspecified atom stereocenters. The third-order valence-electron chi connectivity index (χ3n) is 8.40. The van der Waals surface area contributed by atoms with Gasteiger partial charge in [0, 0.05) is 11.1 Å². The van der Waals surface area contributed by atoms with Gasteiger partial charge in [-0.25, -0.2) is 0 Å². The Labute approximate surface area is 247 Å². The monoisotopic (exact) mass is 598 g/mol. The number of ether oxygens (including phenoxy) is 2. The average Bonchev–Trinajstić information content (AvgIpc) is 3.30. The van der Waals surface area contributed by atoms with Crippen LogP contribution in [0.1, 0.15) is 22.3 Å². The third-order valence-corrected chi connectivity index (χ3v) is 8.40. The highest BCUT2D eigenvalue weighted by molar-refractivity contribution is 5.82. The summed E-state index contributed by atoms with van der Waals surface area (Å²) in [6, 6.07) is 10.3. The summed E-state index contributed by atoms with van der Waals surface area (Å²) in [4.78, 5) is 0. The highest BCUT2D eigenvalue weighted by Gasteiger charge is 2.45. The van der Waals surface area contributed by atoms with Crippen LogP contribution in [-0.4, -0.2) is 139 Å². The van der Waals surface area contributed by atoms with E-state index in [1.807, 2.05) is 0 Å². The van der Waals surface area contributed by atoms with E-state index in [2.05, 4.69) is 23.7 Å². The second-order valence-corrected chi connectivity index (χ2v) is 11.0. The lowest BCUT2D eigenvalue weighted by Gasteiger charge is -2.37. The second-order valence-electron chi connectivity index (χ2n) is 11.0. The van der Waals surface area contributed by atoms with Crippen LogP contribution >= 0.6 is 0 Å². The number of aliphatic hydroxyl groups is 10. The molecular weight excluding hydrogens is 564 g/mol. The van der Waals surface area contributed by atoms with E-state index in [1.165, 1.54) is 0 Å². The Morgan fingerprint density at radius 1 is 0.558 bits per heavy atom. The fourth-order valence-corrected chi connectivity index (χ4v) is 5.79. The fraction of sp³-hybridized carbons (Fsp3) is 0.484. The Morgan fingerprint density at radius 2 is 0.953 bits per heavy atom. The zero-order valence-corrected chi connectivity index (χ0v) is 22.9. The van der Waals surface area contributed by atoms with Crippen LogP contribution in [0.5, 0.6) is 0 Å². The van der Waals surface area contributed by atoms with Gasteiger partial charge in [0.1, 0.15) is 61.0 Å². The van der Waals surface area contributed by atoms with Gasteiger partial charge >= 0.3 is 0 Å². The van der Waals surface area contributed by atoms with E-state index in [0.29, 0.717) is 22.3 Å². The Hall–Kier alpha value is -2.92. The highest BCUT2D eigenvalue weighted by atomic mass is 16.5. The smallest absolute Gasteiger partial charge is 0.147 e. The zero-order chi connectivity index (χ0) is 31.1. The minimum atomic E-state index is -1.56. The molecular formula is C31H34O12. The van der Waals surface area contributed by atoms with E-state index in [4.69, 9.17) is 9.47 Å². The van der Waals surface area contributed by atoms with Gasteiger partial charge in [-0.1, -0.05) is 35.8 Å². The molecule has 0 aromatic heterocycles. The largest absolute Gasteiger partial charge is 0.395 e. The van der Waals surface area contributed by atoms with E-state index in [9.17, 15) is 51.1 Å². The van der Waals surface area contributed by atoms with Crippen molar-refractivity contribution in [3.05, 3.63) is 58.7 Å². The van der Waals surface area contributed by atoms with Gasteiger partial charge in [-0.15, -0.1) is 0 Å². The summed E-state index contributed by atoms with van der Waals surface area (Å²) < 4.78 is 10.9. The van der Waals surface area contributed by atoms with Gasteiger partial charge in [0.2, 0.25) is 0 Å². The molecule has 43 heavy (non-hydrogen) atoms. The lowest BCUT2D eigenvalue weighted by atomic mass is 9.79. The SMILES string of the molecule is OC[C@H]1O[C@H](C#Cc2ccc3c(c2)C(CO)(CO)c2cc(C#C[C@H]4O[C@H](CO)[C@@H](O)[C@H](O)[C@@H]4O)ccc2-3)[C@@H](O)[C@@H](O)[C@@H]1O. The molecule has 12 heteroatoms. The summed E-state index contributed by atoms with van der Waals surface area (Å²) >= 11 is 0. The quantitative estimate of drug-likeness (QED) is 0.154. The van der Waals surface area contributed by atoms with Crippen LogP contribution in [0.25, 0.3) is 11.1 Å². The van der Waals surface area contributed by atoms with Crippen LogP contribution in [0.4, 0.5) is 0 Å². The van der Waals surface area contributed by atoms with Crippen LogP contribution in [0.3, 0.4) is 0 Å². The van der Waals surface area contributed by atoms with Crippen LogP contribution < -0.4 is 0 Å². The van der Waals surface area contributed by atoms with Gasteiger partial charge in [-0.3, -0.25) is 0 Å². The summed E-state index contributed by atoms with van der Waals surface area (Å²) in [5, 5.41) is 101. The molecule has 230 valence electrons. The molecule has 0 bridgehead atoms. The molecule has 0 saturated carbocycles. The van der Waals surface area contributed by atoms with Crippen molar-refractivity contribution in [1.82, 2.24) is 0 Å². The third kappa shape index (κ3) is 5.47. The summed E-state index contributed by atoms with van der Waals surface area (Å²) in [6.45, 7) is -2.08. The Bertz CT molecular complexity index is 1340. The minimum Gasteiger partial charge on any atom is -0.395 e. The molecule has 0 spiro atoms. The van der Waals surface area contributed by atoms with Crippen LogP contribution in [-0.2, 0) is 14.9 Å². The van der Waals surface area contributed by atoms with Crippen LogP contribution in [0.15, 0.2) is 36.4 Å². The minimum absolute atomic E-state index is 0.456. The summed E-state index contributed by atoms with van der Waals surface area (Å²) in [5.74, 6) is 11.2. The molecule has 12 nitrogen and oxygen atoms in total. The molecule has 0 radical (unpaired) electrons.